The van der Waals surface area contributed by atoms with Crippen molar-refractivity contribution in [3.63, 3.8) is 0 Å². The second-order valence-corrected chi connectivity index (χ2v) is 29.6. The summed E-state index contributed by atoms with van der Waals surface area (Å²) in [6.45, 7) is 1.83. The SMILES string of the molecule is CN(C)CCCNC(=O)c1cc(NC(=O)c2cc(NC(=O)c3cc(NC(=O)c4nc(N=C(O)CCCNC(=O)c5cc(NC(=O)c6cc(NC(=O)c7nc(NC(=O)c8nc(N=C(O)CCCCCCN=C(S)Nc9ccc(-c%10c%11ccc(=O)cc-%11oc%11cc(O)ccc%10%11)c(C(=O)O)c9)cn8C)cn7C)cn6C)cn5C)cn4C)cn3C)cn2C)cn1C. The average molecular weight is 1680 g/mol. The molecule has 39 nitrogen and oxygen atoms in total. The van der Waals surface area contributed by atoms with Gasteiger partial charge in [0, 0.05) is 160 Å². The van der Waals surface area contributed by atoms with E-state index in [9.17, 15) is 68.4 Å². The molecule has 40 heteroatoms. The minimum atomic E-state index is -1.20. The van der Waals surface area contributed by atoms with Gasteiger partial charge >= 0.3 is 5.97 Å². The van der Waals surface area contributed by atoms with Crippen LogP contribution in [-0.2, 0) is 56.4 Å². The Morgan fingerprint density at radius 1 is 0.443 bits per heavy atom. The van der Waals surface area contributed by atoms with Crippen molar-refractivity contribution in [2.75, 3.05) is 77.5 Å². The molecule has 0 saturated carbocycles. The van der Waals surface area contributed by atoms with E-state index >= 15 is 0 Å². The Morgan fingerprint density at radius 2 is 0.885 bits per heavy atom. The minimum Gasteiger partial charge on any atom is -0.508 e. The molecular formula is C82H90N24O15S. The van der Waals surface area contributed by atoms with Gasteiger partial charge in [0.25, 0.3) is 47.3 Å². The number of carbonyl (C=O) groups is 9. The molecule has 9 heterocycles. The number of nitrogens with one attached hydrogen (secondary N) is 9. The molecule has 0 unspecified atom stereocenters. The van der Waals surface area contributed by atoms with Crippen LogP contribution in [0.3, 0.4) is 0 Å². The van der Waals surface area contributed by atoms with Gasteiger partial charge in [0.05, 0.1) is 46.4 Å². The van der Waals surface area contributed by atoms with Crippen LogP contribution in [0.15, 0.2) is 159 Å². The first kappa shape index (κ1) is 86.3. The second-order valence-electron chi connectivity index (χ2n) is 29.2. The Morgan fingerprint density at radius 3 is 1.39 bits per heavy atom. The van der Waals surface area contributed by atoms with Gasteiger partial charge in [-0.2, -0.15) is 9.98 Å². The van der Waals surface area contributed by atoms with Crippen LogP contribution in [0.4, 0.5) is 51.6 Å². The number of hydrogen-bond acceptors (Lipinski definition) is 19. The largest absolute Gasteiger partial charge is 0.508 e. The van der Waals surface area contributed by atoms with Crippen molar-refractivity contribution in [3.05, 3.63) is 196 Å². The lowest BCUT2D eigenvalue weighted by Crippen LogP contribution is -2.28. The third-order valence-electron chi connectivity index (χ3n) is 19.4. The first-order valence-corrected chi connectivity index (χ1v) is 38.8. The van der Waals surface area contributed by atoms with E-state index in [1.54, 1.807) is 114 Å². The number of nitrogens with zero attached hydrogens (tertiary/aromatic N) is 15. The lowest BCUT2D eigenvalue weighted by molar-refractivity contribution is 0.0695. The molecule has 122 heavy (non-hydrogen) atoms. The van der Waals surface area contributed by atoms with Crippen molar-refractivity contribution in [1.82, 2.24) is 67.0 Å². The number of aliphatic imine (C=N–C) groups is 3. The Hall–Kier alpha value is -15.1. The number of phenolic OH excluding ortho intramolecular Hbond substituents is 1. The molecule has 0 bridgehead atoms. The molecule has 1 aliphatic heterocycles. The lowest BCUT2D eigenvalue weighted by atomic mass is 9.90. The summed E-state index contributed by atoms with van der Waals surface area (Å²) in [5.74, 6) is -5.91. The topological polar surface area (TPSA) is 491 Å². The number of carboxylic acids is 1. The highest BCUT2D eigenvalue weighted by molar-refractivity contribution is 7.97. The van der Waals surface area contributed by atoms with E-state index in [1.807, 2.05) is 19.0 Å². The van der Waals surface area contributed by atoms with Crippen LogP contribution in [0.5, 0.6) is 5.75 Å². The number of aromatic hydroxyl groups is 1. The summed E-state index contributed by atoms with van der Waals surface area (Å²) < 4.78 is 17.8. The van der Waals surface area contributed by atoms with Gasteiger partial charge in [-0.15, -0.1) is 12.6 Å². The summed E-state index contributed by atoms with van der Waals surface area (Å²) in [5, 5.41) is 68.0. The van der Waals surface area contributed by atoms with Crippen LogP contribution < -0.4 is 53.3 Å². The first-order chi connectivity index (χ1) is 58.2. The van der Waals surface area contributed by atoms with E-state index in [0.717, 1.165) is 25.8 Å². The number of amides is 8. The number of rotatable bonds is 34. The third kappa shape index (κ3) is 21.1. The first-order valence-electron chi connectivity index (χ1n) is 38.3. The predicted molar refractivity (Wildman–Crippen MR) is 462 cm³/mol. The maximum atomic E-state index is 13.6. The van der Waals surface area contributed by atoms with Crippen molar-refractivity contribution in [2.24, 2.45) is 71.4 Å². The summed E-state index contributed by atoms with van der Waals surface area (Å²) in [4.78, 5) is 160. The second kappa shape index (κ2) is 37.7. The van der Waals surface area contributed by atoms with Gasteiger partial charge in [0.2, 0.25) is 17.5 Å². The van der Waals surface area contributed by atoms with Crippen LogP contribution in [-0.4, -0.2) is 187 Å². The van der Waals surface area contributed by atoms with E-state index in [2.05, 4.69) is 90.4 Å². The lowest BCUT2D eigenvalue weighted by Gasteiger charge is -2.17. The number of phenols is 1. The van der Waals surface area contributed by atoms with Gasteiger partial charge in [0.15, 0.2) is 39.8 Å². The van der Waals surface area contributed by atoms with Crippen LogP contribution in [0.1, 0.15) is 146 Å². The fourth-order valence-corrected chi connectivity index (χ4v) is 13.7. The molecule has 0 saturated heterocycles. The summed E-state index contributed by atoms with van der Waals surface area (Å²) in [5.41, 5.74) is 4.42. The fourth-order valence-electron chi connectivity index (χ4n) is 13.5. The number of thiol groups is 1. The maximum absolute atomic E-state index is 13.6. The summed E-state index contributed by atoms with van der Waals surface area (Å²) >= 11 is 4.48. The van der Waals surface area contributed by atoms with E-state index in [4.69, 9.17) is 4.42 Å². The number of aliphatic hydroxyl groups excluding tert-OH is 2. The summed E-state index contributed by atoms with van der Waals surface area (Å²) in [6, 6.07) is 21.0. The number of aromatic nitrogens is 11. The zero-order chi connectivity index (χ0) is 87.5. The molecule has 8 amide bonds. The van der Waals surface area contributed by atoms with Crippen LogP contribution in [0.2, 0.25) is 0 Å². The highest BCUT2D eigenvalue weighted by Crippen LogP contribution is 2.43. The number of amidine groups is 1. The number of imidazole rings is 3. The quantitative estimate of drug-likeness (QED) is 0.00586. The number of carboxylic acid groups (broad SMARTS) is 1. The number of aryl methyl sites for hydroxylation is 8. The molecule has 2 aromatic carbocycles. The molecule has 2 aliphatic rings. The molecule has 634 valence electrons. The molecule has 0 fully saturated rings. The molecule has 0 radical (unpaired) electrons. The number of anilines is 7. The zero-order valence-corrected chi connectivity index (χ0v) is 69.0. The summed E-state index contributed by atoms with van der Waals surface area (Å²) in [6.07, 6.45) is 16.1. The van der Waals surface area contributed by atoms with Gasteiger partial charge in [-0.1, -0.05) is 18.9 Å². The van der Waals surface area contributed by atoms with Gasteiger partial charge in [-0.3, -0.25) is 48.1 Å². The molecule has 0 atom stereocenters. The minimum absolute atomic E-state index is 0.0225. The molecule has 0 spiro atoms. The van der Waals surface area contributed by atoms with E-state index < -0.39 is 47.3 Å². The number of hydrogen-bond donors (Lipinski definition) is 14. The van der Waals surface area contributed by atoms with Crippen molar-refractivity contribution >= 4 is 145 Å². The number of fused-ring (bicyclic) bond motifs is 2. The number of unbranched alkanes of at least 4 members (excludes halogenated alkanes) is 3. The monoisotopic (exact) mass is 1680 g/mol. The molecule has 8 aromatic heterocycles. The highest BCUT2D eigenvalue weighted by atomic mass is 32.1. The number of aromatic carboxylic acids is 1. The van der Waals surface area contributed by atoms with E-state index in [0.29, 0.717) is 76.5 Å². The zero-order valence-electron chi connectivity index (χ0n) is 68.1. The number of aliphatic hydroxyl groups is 2. The van der Waals surface area contributed by atoms with Crippen LogP contribution in [0, 0.1) is 0 Å². The molecule has 13 N–H and O–H groups in total. The standard InChI is InChI=1S/C82H90N24O15S/c1-98(2)28-16-27-84-74(112)58-31-47(38-100(58)4)86-75(113)59-32-48(39-101(59)5)88-77(115)61-33-49(40-103(61)7)89-78(116)70-94-65(42-104(70)8)93-68(110)18-15-26-83-73(111)57-30-46(37-99(57)3)87-76(114)60-34-50(41-102(60)6)90-79(117)71-96-66(44-106(71)10)97-80(118)72-95-64(43-105(72)9)92-67(109)17-13-11-12-14-25-85-82(122)91-45-19-22-53(56(29-45)81(119)120)69-54-23-20-51(107)35-62(54)121-63-36-52(108)21-24-55(63)69/h19-24,29-44,107H,11-18,25-28H2,1-10H3,(H,83,111)(H,84,112)(H,86,113)(H,87,114)(H,88,115)(H,89,116)(H,90,117)(H,92,109)(H,93,110)(H,97,118)(H,119,120)(H2,85,91,122). The Balaban J connectivity index is 0.543. The van der Waals surface area contributed by atoms with E-state index in [1.165, 1.54) is 113 Å². The molecule has 10 aromatic rings. The smallest absolute Gasteiger partial charge is 0.336 e. The van der Waals surface area contributed by atoms with Crippen molar-refractivity contribution in [2.45, 2.75) is 51.4 Å². The average Bonchev–Trinajstić information content (AvgIpc) is 1.20. The van der Waals surface area contributed by atoms with Crippen molar-refractivity contribution < 1.29 is 68.0 Å². The highest BCUT2D eigenvalue weighted by Gasteiger charge is 2.27. The van der Waals surface area contributed by atoms with Crippen molar-refractivity contribution in [1.29, 1.82) is 0 Å². The van der Waals surface area contributed by atoms with Crippen molar-refractivity contribution in [3.8, 4) is 28.2 Å². The van der Waals surface area contributed by atoms with Crippen LogP contribution >= 0.6 is 12.6 Å². The normalized spacial score (nSPS) is 11.8. The Bertz CT molecular complexity index is 6190. The fraction of sp³-hybridized carbons (Fsp3) is 0.268. The Labute approximate surface area is 701 Å². The third-order valence-corrected chi connectivity index (χ3v) is 19.6. The number of carbonyl (C=O) groups excluding carboxylic acids is 8. The molecule has 1 aliphatic carbocycles. The predicted octanol–water partition coefficient (Wildman–Crippen LogP) is 9.79. The van der Waals surface area contributed by atoms with Gasteiger partial charge < -0.3 is 114 Å². The van der Waals surface area contributed by atoms with Crippen LogP contribution in [0.25, 0.3) is 33.4 Å². The van der Waals surface area contributed by atoms with E-state index in [-0.39, 0.29) is 146 Å². The molecular weight excluding hydrogens is 1590 g/mol. The van der Waals surface area contributed by atoms with Gasteiger partial charge in [0.1, 0.15) is 45.6 Å². The van der Waals surface area contributed by atoms with Gasteiger partial charge in [-0.05, 0) is 119 Å². The van der Waals surface area contributed by atoms with Gasteiger partial charge in [-0.25, -0.2) is 19.7 Å². The Kier molecular flexibility index (Phi) is 26.6. The summed E-state index contributed by atoms with van der Waals surface area (Å²) in [7, 11) is 16.8. The number of benzene rings is 3. The maximum Gasteiger partial charge on any atom is 0.336 e. The molecule has 12 rings (SSSR count).